The second kappa shape index (κ2) is 9.69. The highest BCUT2D eigenvalue weighted by Gasteiger charge is 2.18. The van der Waals surface area contributed by atoms with Gasteiger partial charge in [0.2, 0.25) is 0 Å². The fourth-order valence-electron chi connectivity index (χ4n) is 3.32. The zero-order valence-corrected chi connectivity index (χ0v) is 17.9. The van der Waals surface area contributed by atoms with E-state index in [0.717, 1.165) is 22.6 Å². The van der Waals surface area contributed by atoms with E-state index in [2.05, 4.69) is 10.5 Å². The van der Waals surface area contributed by atoms with Crippen LogP contribution in [0.5, 0.6) is 0 Å². The van der Waals surface area contributed by atoms with Gasteiger partial charge in [-0.2, -0.15) is 5.10 Å². The lowest BCUT2D eigenvalue weighted by Gasteiger charge is -2.10. The quantitative estimate of drug-likeness (QED) is 0.262. The van der Waals surface area contributed by atoms with Crippen LogP contribution in [0.15, 0.2) is 59.7 Å². The number of rotatable bonds is 7. The molecule has 0 aliphatic heterocycles. The van der Waals surface area contributed by atoms with Crippen molar-refractivity contribution in [1.29, 1.82) is 0 Å². The number of carbonyl (C=O) groups is 2. The van der Waals surface area contributed by atoms with Gasteiger partial charge >= 0.3 is 5.97 Å². The normalized spacial score (nSPS) is 10.8. The van der Waals surface area contributed by atoms with Gasteiger partial charge in [0.15, 0.2) is 0 Å². The Labute approximate surface area is 184 Å². The highest BCUT2D eigenvalue weighted by molar-refractivity contribution is 5.98. The summed E-state index contributed by atoms with van der Waals surface area (Å²) in [4.78, 5) is 34.6. The molecule has 164 valence electrons. The Morgan fingerprint density at radius 1 is 1.16 bits per heavy atom. The number of benzene rings is 2. The van der Waals surface area contributed by atoms with Gasteiger partial charge < -0.3 is 9.30 Å². The van der Waals surface area contributed by atoms with Crippen molar-refractivity contribution in [3.63, 3.8) is 0 Å². The largest absolute Gasteiger partial charge is 0.462 e. The first-order chi connectivity index (χ1) is 15.3. The molecule has 1 aromatic heterocycles. The van der Waals surface area contributed by atoms with Gasteiger partial charge in [0.05, 0.1) is 23.3 Å². The second-order valence-electron chi connectivity index (χ2n) is 6.90. The number of hydrogen-bond donors (Lipinski definition) is 1. The van der Waals surface area contributed by atoms with Crippen LogP contribution in [0.25, 0.3) is 5.69 Å². The molecule has 0 saturated carbocycles. The van der Waals surface area contributed by atoms with E-state index in [1.165, 1.54) is 24.4 Å². The zero-order valence-electron chi connectivity index (χ0n) is 17.9. The van der Waals surface area contributed by atoms with Crippen LogP contribution in [-0.4, -0.2) is 34.2 Å². The Bertz CT molecular complexity index is 1200. The molecule has 1 amide bonds. The minimum Gasteiger partial charge on any atom is -0.462 e. The molecular formula is C23H22N4O5. The topological polar surface area (TPSA) is 116 Å². The number of nitro groups is 1. The van der Waals surface area contributed by atoms with Crippen LogP contribution >= 0.6 is 0 Å². The van der Waals surface area contributed by atoms with Crippen molar-refractivity contribution < 1.29 is 19.2 Å². The molecule has 1 N–H and O–H groups in total. The summed E-state index contributed by atoms with van der Waals surface area (Å²) in [5.41, 5.74) is 5.87. The molecule has 3 rings (SSSR count). The van der Waals surface area contributed by atoms with E-state index in [0.29, 0.717) is 12.2 Å². The van der Waals surface area contributed by atoms with E-state index < -0.39 is 10.8 Å². The number of ether oxygens (including phenoxy) is 1. The van der Waals surface area contributed by atoms with Gasteiger partial charge in [-0.3, -0.25) is 14.9 Å². The number of nitrogens with zero attached hydrogens (tertiary/aromatic N) is 3. The summed E-state index contributed by atoms with van der Waals surface area (Å²) in [6, 6.07) is 14.6. The highest BCUT2D eigenvalue weighted by atomic mass is 16.6. The third-order valence-corrected chi connectivity index (χ3v) is 4.82. The summed E-state index contributed by atoms with van der Waals surface area (Å²) in [7, 11) is 0. The Balaban J connectivity index is 1.78. The monoisotopic (exact) mass is 434 g/mol. The predicted octanol–water partition coefficient (Wildman–Crippen LogP) is 3.94. The molecule has 2 aromatic carbocycles. The lowest BCUT2D eigenvalue weighted by molar-refractivity contribution is -0.385. The number of hydrogen-bond acceptors (Lipinski definition) is 6. The fraction of sp³-hybridized carbons (Fsp3) is 0.174. The van der Waals surface area contributed by atoms with Gasteiger partial charge in [0.25, 0.3) is 11.6 Å². The Morgan fingerprint density at radius 2 is 1.84 bits per heavy atom. The van der Waals surface area contributed by atoms with Gasteiger partial charge in [-0.1, -0.05) is 12.1 Å². The minimum absolute atomic E-state index is 0.0678. The van der Waals surface area contributed by atoms with Crippen molar-refractivity contribution >= 4 is 23.8 Å². The van der Waals surface area contributed by atoms with E-state index >= 15 is 0 Å². The Kier molecular flexibility index (Phi) is 6.79. The van der Waals surface area contributed by atoms with E-state index in [9.17, 15) is 19.7 Å². The molecule has 9 heteroatoms. The number of para-hydroxylation sites is 1. The van der Waals surface area contributed by atoms with Gasteiger partial charge in [0, 0.05) is 28.7 Å². The average molecular weight is 434 g/mol. The van der Waals surface area contributed by atoms with E-state index in [-0.39, 0.29) is 17.2 Å². The van der Waals surface area contributed by atoms with Crippen LogP contribution in [0.3, 0.4) is 0 Å². The third-order valence-electron chi connectivity index (χ3n) is 4.82. The van der Waals surface area contributed by atoms with Gasteiger partial charge in [-0.25, -0.2) is 10.2 Å². The van der Waals surface area contributed by atoms with Crippen molar-refractivity contribution in [3.8, 4) is 5.69 Å². The van der Waals surface area contributed by atoms with E-state index in [1.807, 2.05) is 36.6 Å². The standard InChI is InChI=1S/C23H22N4O5/c1-4-32-23(29)17-9-11-19(12-10-17)26-15(2)13-18(16(26)3)14-24-25-22(28)20-7-5-6-8-21(20)27(30)31/h5-14H,4H2,1-3H3,(H,25,28)/b24-14-. The maximum Gasteiger partial charge on any atom is 0.338 e. The summed E-state index contributed by atoms with van der Waals surface area (Å²) >= 11 is 0. The number of hydrazone groups is 1. The number of amides is 1. The maximum atomic E-state index is 12.3. The molecule has 1 heterocycles. The molecule has 0 bridgehead atoms. The van der Waals surface area contributed by atoms with Crippen LogP contribution in [0.4, 0.5) is 5.69 Å². The smallest absolute Gasteiger partial charge is 0.338 e. The number of carbonyl (C=O) groups excluding carboxylic acids is 2. The van der Waals surface area contributed by atoms with Gasteiger partial charge in [-0.05, 0) is 57.2 Å². The lowest BCUT2D eigenvalue weighted by atomic mass is 10.2. The fourth-order valence-corrected chi connectivity index (χ4v) is 3.32. The van der Waals surface area contributed by atoms with Crippen molar-refractivity contribution in [1.82, 2.24) is 9.99 Å². The molecule has 9 nitrogen and oxygen atoms in total. The summed E-state index contributed by atoms with van der Waals surface area (Å²) in [5, 5.41) is 15.1. The minimum atomic E-state index is -0.670. The van der Waals surface area contributed by atoms with E-state index in [1.54, 1.807) is 25.1 Å². The van der Waals surface area contributed by atoms with Crippen LogP contribution in [0, 0.1) is 24.0 Å². The number of esters is 1. The molecule has 32 heavy (non-hydrogen) atoms. The van der Waals surface area contributed by atoms with Gasteiger partial charge in [-0.15, -0.1) is 0 Å². The maximum absolute atomic E-state index is 12.3. The molecule has 0 aliphatic carbocycles. The van der Waals surface area contributed by atoms with Crippen molar-refractivity contribution in [3.05, 3.63) is 92.8 Å². The number of nitrogens with one attached hydrogen (secondary N) is 1. The molecular weight excluding hydrogens is 412 g/mol. The molecule has 0 aliphatic rings. The molecule has 3 aromatic rings. The summed E-state index contributed by atoms with van der Waals surface area (Å²) in [6.45, 7) is 5.89. The first-order valence-corrected chi connectivity index (χ1v) is 9.86. The summed E-state index contributed by atoms with van der Waals surface area (Å²) in [6.07, 6.45) is 1.48. The molecule has 0 saturated heterocycles. The first-order valence-electron chi connectivity index (χ1n) is 9.86. The third kappa shape index (κ3) is 4.72. The van der Waals surface area contributed by atoms with Crippen LogP contribution < -0.4 is 5.43 Å². The highest BCUT2D eigenvalue weighted by Crippen LogP contribution is 2.21. The molecule has 0 unspecified atom stereocenters. The van der Waals surface area contributed by atoms with Crippen LogP contribution in [0.1, 0.15) is 44.6 Å². The number of aromatic nitrogens is 1. The van der Waals surface area contributed by atoms with Gasteiger partial charge in [0.1, 0.15) is 5.56 Å². The lowest BCUT2D eigenvalue weighted by Crippen LogP contribution is -2.19. The molecule has 0 fully saturated rings. The van der Waals surface area contributed by atoms with Crippen molar-refractivity contribution in [2.75, 3.05) is 6.61 Å². The Hall–Kier alpha value is -4.27. The second-order valence-corrected chi connectivity index (χ2v) is 6.90. The van der Waals surface area contributed by atoms with Crippen LogP contribution in [-0.2, 0) is 4.74 Å². The number of nitro benzene ring substituents is 1. The first kappa shape index (κ1) is 22.4. The summed E-state index contributed by atoms with van der Waals surface area (Å²) < 4.78 is 6.99. The van der Waals surface area contributed by atoms with Crippen molar-refractivity contribution in [2.24, 2.45) is 5.10 Å². The molecule has 0 radical (unpaired) electrons. The average Bonchev–Trinajstić information content (AvgIpc) is 3.06. The van der Waals surface area contributed by atoms with E-state index in [4.69, 9.17) is 4.74 Å². The SMILES string of the molecule is CCOC(=O)c1ccc(-n2c(C)cc(/C=N\NC(=O)c3ccccc3[N+](=O)[O-])c2C)cc1. The number of aryl methyl sites for hydroxylation is 1. The Morgan fingerprint density at radius 3 is 2.50 bits per heavy atom. The molecule has 0 atom stereocenters. The predicted molar refractivity (Wildman–Crippen MR) is 119 cm³/mol. The zero-order chi connectivity index (χ0) is 23.3. The summed E-state index contributed by atoms with van der Waals surface area (Å²) in [5.74, 6) is -1.04. The van der Waals surface area contributed by atoms with Crippen molar-refractivity contribution in [2.45, 2.75) is 20.8 Å². The molecule has 0 spiro atoms. The van der Waals surface area contributed by atoms with Crippen LogP contribution in [0.2, 0.25) is 0 Å².